The van der Waals surface area contributed by atoms with Crippen molar-refractivity contribution in [2.75, 3.05) is 26.2 Å². The average molecular weight is 460 g/mol. The maximum absolute atomic E-state index is 12.8. The van der Waals surface area contributed by atoms with Crippen molar-refractivity contribution < 1.29 is 9.32 Å². The molecule has 2 aliphatic heterocycles. The van der Waals surface area contributed by atoms with Crippen LogP contribution < -0.4 is 5.32 Å². The van der Waals surface area contributed by atoms with Gasteiger partial charge in [0.05, 0.1) is 6.54 Å². The molecule has 0 saturated carbocycles. The van der Waals surface area contributed by atoms with Crippen LogP contribution in [0, 0.1) is 5.92 Å². The Balaban J connectivity index is 1.06. The smallest absolute Gasteiger partial charge is 0.241 e. The van der Waals surface area contributed by atoms with E-state index in [4.69, 9.17) is 4.52 Å². The predicted molar refractivity (Wildman–Crippen MR) is 131 cm³/mol. The summed E-state index contributed by atoms with van der Waals surface area (Å²) in [5.41, 5.74) is 3.46. The molecule has 34 heavy (non-hydrogen) atoms. The summed E-state index contributed by atoms with van der Waals surface area (Å²) in [5.74, 6) is 1.46. The van der Waals surface area contributed by atoms with E-state index in [-0.39, 0.29) is 11.8 Å². The van der Waals surface area contributed by atoms with Crippen molar-refractivity contribution in [2.24, 2.45) is 5.92 Å². The molecule has 1 N–H and O–H groups in total. The number of aromatic nitrogens is 2. The molecule has 2 fully saturated rings. The molecule has 7 heteroatoms. The molecule has 0 atom stereocenters. The van der Waals surface area contributed by atoms with Gasteiger partial charge in [-0.05, 0) is 63.0 Å². The highest BCUT2D eigenvalue weighted by Gasteiger charge is 2.26. The van der Waals surface area contributed by atoms with Crippen molar-refractivity contribution in [1.29, 1.82) is 0 Å². The van der Waals surface area contributed by atoms with Gasteiger partial charge in [-0.2, -0.15) is 4.98 Å². The lowest BCUT2D eigenvalue weighted by Crippen LogP contribution is -2.40. The number of piperidine rings is 1. The van der Waals surface area contributed by atoms with Gasteiger partial charge < -0.3 is 9.84 Å². The lowest BCUT2D eigenvalue weighted by molar-refractivity contribution is -0.126. The maximum atomic E-state index is 12.8. The number of nitrogens with one attached hydrogen (secondary N) is 1. The molecule has 5 rings (SSSR count). The van der Waals surface area contributed by atoms with Crippen LogP contribution >= 0.6 is 0 Å². The first-order valence-corrected chi connectivity index (χ1v) is 12.4. The van der Waals surface area contributed by atoms with E-state index in [0.717, 1.165) is 38.0 Å². The minimum Gasteiger partial charge on any atom is -0.352 e. The lowest BCUT2D eigenvalue weighted by Gasteiger charge is -2.30. The van der Waals surface area contributed by atoms with Gasteiger partial charge >= 0.3 is 0 Å². The maximum Gasteiger partial charge on any atom is 0.241 e. The van der Waals surface area contributed by atoms with Gasteiger partial charge in [0.1, 0.15) is 0 Å². The van der Waals surface area contributed by atoms with Crippen molar-refractivity contribution >= 4 is 5.91 Å². The van der Waals surface area contributed by atoms with E-state index in [1.54, 1.807) is 0 Å². The van der Waals surface area contributed by atoms with Crippen LogP contribution in [0.3, 0.4) is 0 Å². The van der Waals surface area contributed by atoms with E-state index >= 15 is 0 Å². The van der Waals surface area contributed by atoms with Crippen LogP contribution in [0.2, 0.25) is 0 Å². The molecule has 1 amide bonds. The second kappa shape index (κ2) is 10.9. The number of hydrogen-bond acceptors (Lipinski definition) is 6. The first-order valence-electron chi connectivity index (χ1n) is 12.4. The van der Waals surface area contributed by atoms with E-state index in [1.807, 2.05) is 30.3 Å². The molecule has 2 aliphatic rings. The van der Waals surface area contributed by atoms with Gasteiger partial charge in [0.25, 0.3) is 0 Å². The fourth-order valence-electron chi connectivity index (χ4n) is 4.94. The van der Waals surface area contributed by atoms with Gasteiger partial charge in [-0.1, -0.05) is 59.8 Å². The van der Waals surface area contributed by atoms with Crippen molar-refractivity contribution in [3.63, 3.8) is 0 Å². The minimum atomic E-state index is 0.0617. The SMILES string of the molecule is O=C(NCc1cccc(CN2CCCC2)c1)C1CCN(Cc2nc(-c3ccccc3)no2)CC1. The molecular weight excluding hydrogens is 426 g/mol. The van der Waals surface area contributed by atoms with Crippen molar-refractivity contribution in [3.8, 4) is 11.4 Å². The molecular formula is C27H33N5O2. The number of carbonyl (C=O) groups excluding carboxylic acids is 1. The van der Waals surface area contributed by atoms with E-state index in [2.05, 4.69) is 49.5 Å². The summed E-state index contributed by atoms with van der Waals surface area (Å²) in [7, 11) is 0. The molecule has 178 valence electrons. The number of carbonyl (C=O) groups is 1. The summed E-state index contributed by atoms with van der Waals surface area (Å²) in [6.45, 7) is 6.32. The lowest BCUT2D eigenvalue weighted by atomic mass is 9.96. The molecule has 2 aromatic carbocycles. The molecule has 0 spiro atoms. The van der Waals surface area contributed by atoms with Crippen LogP contribution in [-0.2, 0) is 24.4 Å². The summed E-state index contributed by atoms with van der Waals surface area (Å²) in [6, 6.07) is 18.5. The zero-order valence-corrected chi connectivity index (χ0v) is 19.7. The third-order valence-corrected chi connectivity index (χ3v) is 6.88. The zero-order chi connectivity index (χ0) is 23.2. The molecule has 1 aromatic heterocycles. The number of benzene rings is 2. The first kappa shape index (κ1) is 22.7. The average Bonchev–Trinajstić information content (AvgIpc) is 3.56. The fraction of sp³-hybridized carbons (Fsp3) is 0.444. The number of nitrogens with zero attached hydrogens (tertiary/aromatic N) is 4. The van der Waals surface area contributed by atoms with Gasteiger partial charge in [0.15, 0.2) is 0 Å². The molecule has 0 aliphatic carbocycles. The van der Waals surface area contributed by atoms with Gasteiger partial charge in [-0.25, -0.2) is 0 Å². The van der Waals surface area contributed by atoms with E-state index in [1.165, 1.54) is 37.1 Å². The Kier molecular flexibility index (Phi) is 7.31. The van der Waals surface area contributed by atoms with E-state index < -0.39 is 0 Å². The molecule has 0 bridgehead atoms. The molecule has 3 aromatic rings. The second-order valence-corrected chi connectivity index (χ2v) is 9.45. The third kappa shape index (κ3) is 5.90. The van der Waals surface area contributed by atoms with E-state index in [0.29, 0.717) is 24.8 Å². The molecule has 2 saturated heterocycles. The Morgan fingerprint density at radius 3 is 2.44 bits per heavy atom. The Morgan fingerprint density at radius 1 is 0.912 bits per heavy atom. The zero-order valence-electron chi connectivity index (χ0n) is 19.7. The molecule has 0 radical (unpaired) electrons. The van der Waals surface area contributed by atoms with Crippen molar-refractivity contribution in [1.82, 2.24) is 25.3 Å². The van der Waals surface area contributed by atoms with E-state index in [9.17, 15) is 4.79 Å². The third-order valence-electron chi connectivity index (χ3n) is 6.88. The largest absolute Gasteiger partial charge is 0.352 e. The van der Waals surface area contributed by atoms with Crippen LogP contribution in [0.4, 0.5) is 0 Å². The number of amides is 1. The molecule has 7 nitrogen and oxygen atoms in total. The van der Waals surface area contributed by atoms with Crippen LogP contribution in [0.1, 0.15) is 42.7 Å². The van der Waals surface area contributed by atoms with Crippen LogP contribution in [0.5, 0.6) is 0 Å². The van der Waals surface area contributed by atoms with Crippen molar-refractivity contribution in [3.05, 3.63) is 71.6 Å². The van der Waals surface area contributed by atoms with Crippen molar-refractivity contribution in [2.45, 2.75) is 45.3 Å². The number of rotatable bonds is 8. The Hall–Kier alpha value is -3.03. The van der Waals surface area contributed by atoms with Crippen LogP contribution in [-0.4, -0.2) is 52.0 Å². The summed E-state index contributed by atoms with van der Waals surface area (Å²) >= 11 is 0. The Labute approximate surface area is 201 Å². The quantitative estimate of drug-likeness (QED) is 0.551. The Morgan fingerprint density at radius 2 is 1.65 bits per heavy atom. The molecule has 3 heterocycles. The number of hydrogen-bond donors (Lipinski definition) is 1. The minimum absolute atomic E-state index is 0.0617. The first-order chi connectivity index (χ1) is 16.7. The summed E-state index contributed by atoms with van der Waals surface area (Å²) < 4.78 is 5.45. The standard InChI is InChI=1S/C27H33N5O2/c33-27(28-18-21-7-6-8-22(17-21)19-31-13-4-5-14-31)24-11-15-32(16-12-24)20-25-29-26(30-34-25)23-9-2-1-3-10-23/h1-3,6-10,17,24H,4-5,11-16,18-20H2,(H,28,33). The Bertz CT molecular complexity index is 1070. The predicted octanol–water partition coefficient (Wildman–Crippen LogP) is 3.86. The highest BCUT2D eigenvalue weighted by atomic mass is 16.5. The van der Waals surface area contributed by atoms with Gasteiger partial charge in [-0.3, -0.25) is 14.6 Å². The monoisotopic (exact) mass is 459 g/mol. The topological polar surface area (TPSA) is 74.5 Å². The van der Waals surface area contributed by atoms with Gasteiger partial charge in [-0.15, -0.1) is 0 Å². The normalized spacial score (nSPS) is 17.8. The molecule has 0 unspecified atom stereocenters. The summed E-state index contributed by atoms with van der Waals surface area (Å²) in [5, 5.41) is 7.27. The highest BCUT2D eigenvalue weighted by Crippen LogP contribution is 2.21. The number of likely N-dealkylation sites (tertiary alicyclic amines) is 2. The summed E-state index contributed by atoms with van der Waals surface area (Å²) in [4.78, 5) is 22.1. The van der Waals surface area contributed by atoms with Crippen LogP contribution in [0.15, 0.2) is 59.1 Å². The highest BCUT2D eigenvalue weighted by molar-refractivity contribution is 5.78. The van der Waals surface area contributed by atoms with Crippen LogP contribution in [0.25, 0.3) is 11.4 Å². The van der Waals surface area contributed by atoms with Gasteiger partial charge in [0.2, 0.25) is 17.6 Å². The fourth-order valence-corrected chi connectivity index (χ4v) is 4.94. The van der Waals surface area contributed by atoms with Gasteiger partial charge in [0, 0.05) is 24.6 Å². The summed E-state index contributed by atoms with van der Waals surface area (Å²) in [6.07, 6.45) is 4.30. The second-order valence-electron chi connectivity index (χ2n) is 9.45.